The van der Waals surface area contributed by atoms with Crippen molar-refractivity contribution in [3.63, 3.8) is 0 Å². The Kier molecular flexibility index (Phi) is 4.89. The molecule has 0 amide bonds. The molecular formula is C16H28N2O2. The van der Waals surface area contributed by atoms with Crippen LogP contribution in [0.4, 0.5) is 0 Å². The van der Waals surface area contributed by atoms with Crippen LogP contribution < -0.4 is 0 Å². The van der Waals surface area contributed by atoms with Crippen molar-refractivity contribution in [2.45, 2.75) is 57.9 Å². The van der Waals surface area contributed by atoms with Gasteiger partial charge in [-0.3, -0.25) is 4.90 Å². The lowest BCUT2D eigenvalue weighted by Crippen LogP contribution is -2.38. The van der Waals surface area contributed by atoms with E-state index in [0.717, 1.165) is 6.54 Å². The van der Waals surface area contributed by atoms with E-state index in [9.17, 15) is 5.11 Å². The molecule has 1 aromatic heterocycles. The first-order valence-corrected chi connectivity index (χ1v) is 7.51. The lowest BCUT2D eigenvalue weighted by Gasteiger charge is -2.27. The van der Waals surface area contributed by atoms with E-state index in [1.165, 1.54) is 18.5 Å². The number of hydrogen-bond acceptors (Lipinski definition) is 3. The Morgan fingerprint density at radius 2 is 2.15 bits per heavy atom. The van der Waals surface area contributed by atoms with E-state index in [2.05, 4.69) is 34.8 Å². The van der Waals surface area contributed by atoms with Gasteiger partial charge < -0.3 is 14.4 Å². The molecule has 1 aromatic rings. The van der Waals surface area contributed by atoms with Gasteiger partial charge in [0.25, 0.3) is 0 Å². The number of aromatic nitrogens is 1. The molecule has 1 N–H and O–H groups in total. The third kappa shape index (κ3) is 4.93. The van der Waals surface area contributed by atoms with Crippen LogP contribution in [0.25, 0.3) is 0 Å². The van der Waals surface area contributed by atoms with Crippen molar-refractivity contribution in [1.29, 1.82) is 0 Å². The molecular weight excluding hydrogens is 252 g/mol. The third-order valence-electron chi connectivity index (χ3n) is 3.63. The third-order valence-corrected chi connectivity index (χ3v) is 3.63. The highest BCUT2D eigenvalue weighted by atomic mass is 16.5. The highest BCUT2D eigenvalue weighted by Gasteiger charge is 2.30. The molecule has 1 fully saturated rings. The van der Waals surface area contributed by atoms with Gasteiger partial charge in [0.15, 0.2) is 0 Å². The monoisotopic (exact) mass is 280 g/mol. The summed E-state index contributed by atoms with van der Waals surface area (Å²) in [5.41, 5.74) is 1.10. The van der Waals surface area contributed by atoms with Crippen LogP contribution in [0, 0.1) is 0 Å². The number of aliphatic hydroxyl groups excluding tert-OH is 1. The van der Waals surface area contributed by atoms with Crippen LogP contribution in [0.2, 0.25) is 0 Å². The summed E-state index contributed by atoms with van der Waals surface area (Å²) in [6.45, 7) is 8.04. The molecule has 1 atom stereocenters. The zero-order chi connectivity index (χ0) is 14.8. The van der Waals surface area contributed by atoms with Crippen LogP contribution >= 0.6 is 0 Å². The van der Waals surface area contributed by atoms with E-state index < -0.39 is 6.10 Å². The zero-order valence-electron chi connectivity index (χ0n) is 13.2. The molecule has 4 heteroatoms. The molecule has 1 unspecified atom stereocenters. The molecule has 4 nitrogen and oxygen atoms in total. The maximum atomic E-state index is 10.2. The van der Waals surface area contributed by atoms with Crippen LogP contribution in [0.3, 0.4) is 0 Å². The summed E-state index contributed by atoms with van der Waals surface area (Å²) in [5.74, 6) is 0. The average molecular weight is 280 g/mol. The number of aryl methyl sites for hydroxylation is 1. The predicted octanol–water partition coefficient (Wildman–Crippen LogP) is 2.17. The van der Waals surface area contributed by atoms with Crippen LogP contribution in [-0.4, -0.2) is 45.5 Å². The van der Waals surface area contributed by atoms with Crippen LogP contribution in [0.15, 0.2) is 18.3 Å². The number of hydrogen-bond donors (Lipinski definition) is 1. The van der Waals surface area contributed by atoms with Crippen molar-refractivity contribution >= 4 is 0 Å². The SMILES string of the molecule is Cn1cccc1CN(CC(O)COC(C)(C)C)C1CC1. The quantitative estimate of drug-likeness (QED) is 0.832. The maximum Gasteiger partial charge on any atom is 0.0900 e. The number of nitrogens with zero attached hydrogens (tertiary/aromatic N) is 2. The molecule has 20 heavy (non-hydrogen) atoms. The van der Waals surface area contributed by atoms with Gasteiger partial charge in [-0.25, -0.2) is 0 Å². The summed E-state index contributed by atoms with van der Waals surface area (Å²) in [4.78, 5) is 2.38. The standard InChI is InChI=1S/C16H28N2O2/c1-16(2,3)20-12-15(19)11-18(13-7-8-13)10-14-6-5-9-17(14)4/h5-6,9,13,15,19H,7-8,10-12H2,1-4H3. The van der Waals surface area contributed by atoms with E-state index >= 15 is 0 Å². The first-order valence-electron chi connectivity index (χ1n) is 7.51. The number of ether oxygens (including phenoxy) is 1. The Morgan fingerprint density at radius 3 is 2.65 bits per heavy atom. The number of rotatable bonds is 7. The van der Waals surface area contributed by atoms with Crippen LogP contribution in [-0.2, 0) is 18.3 Å². The van der Waals surface area contributed by atoms with E-state index in [1.54, 1.807) is 0 Å². The molecule has 0 saturated heterocycles. The minimum atomic E-state index is -0.421. The van der Waals surface area contributed by atoms with Crippen molar-refractivity contribution in [1.82, 2.24) is 9.47 Å². The summed E-state index contributed by atoms with van der Waals surface area (Å²) in [6.07, 6.45) is 4.14. The molecule has 0 spiro atoms. The number of aliphatic hydroxyl groups is 1. The predicted molar refractivity (Wildman–Crippen MR) is 80.6 cm³/mol. The molecule has 114 valence electrons. The Bertz CT molecular complexity index is 418. The van der Waals surface area contributed by atoms with Crippen molar-refractivity contribution in [2.24, 2.45) is 7.05 Å². The van der Waals surface area contributed by atoms with Crippen molar-refractivity contribution in [2.75, 3.05) is 13.2 Å². The maximum absolute atomic E-state index is 10.2. The Morgan fingerprint density at radius 1 is 1.45 bits per heavy atom. The zero-order valence-corrected chi connectivity index (χ0v) is 13.2. The van der Waals surface area contributed by atoms with Gasteiger partial charge in [0.1, 0.15) is 0 Å². The molecule has 2 rings (SSSR count). The highest BCUT2D eigenvalue weighted by Crippen LogP contribution is 2.28. The van der Waals surface area contributed by atoms with Gasteiger partial charge in [0.05, 0.1) is 18.3 Å². The van der Waals surface area contributed by atoms with Gasteiger partial charge in [0, 0.05) is 38.1 Å². The van der Waals surface area contributed by atoms with Gasteiger partial charge in [-0.2, -0.15) is 0 Å². The molecule has 0 aliphatic heterocycles. The van der Waals surface area contributed by atoms with E-state index in [0.29, 0.717) is 19.2 Å². The summed E-state index contributed by atoms with van der Waals surface area (Å²) in [6, 6.07) is 4.85. The van der Waals surface area contributed by atoms with Gasteiger partial charge >= 0.3 is 0 Å². The second-order valence-electron chi connectivity index (χ2n) is 6.85. The van der Waals surface area contributed by atoms with Gasteiger partial charge in [-0.05, 0) is 45.7 Å². The van der Waals surface area contributed by atoms with E-state index in [4.69, 9.17) is 4.74 Å². The Balaban J connectivity index is 1.85. The van der Waals surface area contributed by atoms with E-state index in [1.807, 2.05) is 20.8 Å². The van der Waals surface area contributed by atoms with Gasteiger partial charge in [-0.1, -0.05) is 0 Å². The van der Waals surface area contributed by atoms with Crippen LogP contribution in [0.1, 0.15) is 39.3 Å². The lowest BCUT2D eigenvalue weighted by atomic mass is 10.2. The van der Waals surface area contributed by atoms with Crippen molar-refractivity contribution < 1.29 is 9.84 Å². The Hall–Kier alpha value is -0.840. The Labute approximate surface area is 122 Å². The molecule has 0 aromatic carbocycles. The average Bonchev–Trinajstić information content (AvgIpc) is 3.11. The molecule has 0 radical (unpaired) electrons. The molecule has 1 aliphatic carbocycles. The smallest absolute Gasteiger partial charge is 0.0900 e. The molecule has 1 aliphatic rings. The first-order chi connectivity index (χ1) is 9.35. The first kappa shape index (κ1) is 15.5. The summed E-state index contributed by atoms with van der Waals surface area (Å²) in [5, 5.41) is 10.2. The highest BCUT2D eigenvalue weighted by molar-refractivity contribution is 5.07. The fourth-order valence-electron chi connectivity index (χ4n) is 2.32. The lowest BCUT2D eigenvalue weighted by molar-refractivity contribution is -0.0573. The second-order valence-corrected chi connectivity index (χ2v) is 6.85. The van der Waals surface area contributed by atoms with Gasteiger partial charge in [0.2, 0.25) is 0 Å². The van der Waals surface area contributed by atoms with E-state index in [-0.39, 0.29) is 5.60 Å². The van der Waals surface area contributed by atoms with Crippen molar-refractivity contribution in [3.8, 4) is 0 Å². The molecule has 0 bridgehead atoms. The fourth-order valence-corrected chi connectivity index (χ4v) is 2.32. The minimum absolute atomic E-state index is 0.191. The summed E-state index contributed by atoms with van der Waals surface area (Å²) in [7, 11) is 2.07. The fraction of sp³-hybridized carbons (Fsp3) is 0.750. The molecule has 1 heterocycles. The minimum Gasteiger partial charge on any atom is -0.389 e. The molecule has 1 saturated carbocycles. The summed E-state index contributed by atoms with van der Waals surface area (Å²) >= 11 is 0. The second kappa shape index (κ2) is 6.29. The van der Waals surface area contributed by atoms with Gasteiger partial charge in [-0.15, -0.1) is 0 Å². The largest absolute Gasteiger partial charge is 0.389 e. The topological polar surface area (TPSA) is 37.6 Å². The van der Waals surface area contributed by atoms with Crippen molar-refractivity contribution in [3.05, 3.63) is 24.0 Å². The summed E-state index contributed by atoms with van der Waals surface area (Å²) < 4.78 is 7.82. The normalized spacial score (nSPS) is 17.7. The van der Waals surface area contributed by atoms with Crippen LogP contribution in [0.5, 0.6) is 0 Å².